The SMILES string of the molecule is Cl.N[C@@H]1CN(C(=O)C2=Cc3ccccc3OC2)C[C@H]1c1ccccc1. The molecular formula is C20H21ClN2O2. The van der Waals surface area contributed by atoms with Gasteiger partial charge >= 0.3 is 0 Å². The number of halogens is 1. The molecule has 25 heavy (non-hydrogen) atoms. The number of carbonyl (C=O) groups excluding carboxylic acids is 1. The summed E-state index contributed by atoms with van der Waals surface area (Å²) in [4.78, 5) is 14.7. The summed E-state index contributed by atoms with van der Waals surface area (Å²) in [7, 11) is 0. The molecule has 0 radical (unpaired) electrons. The largest absolute Gasteiger partial charge is 0.488 e. The van der Waals surface area contributed by atoms with E-state index >= 15 is 0 Å². The fraction of sp³-hybridized carbons (Fsp3) is 0.250. The lowest BCUT2D eigenvalue weighted by Gasteiger charge is -2.22. The average molecular weight is 357 g/mol. The van der Waals surface area contributed by atoms with Crippen molar-refractivity contribution < 1.29 is 9.53 Å². The summed E-state index contributed by atoms with van der Waals surface area (Å²) < 4.78 is 5.71. The molecule has 2 aliphatic rings. The molecule has 1 fully saturated rings. The van der Waals surface area contributed by atoms with E-state index in [2.05, 4.69) is 12.1 Å². The molecule has 2 atom stereocenters. The molecule has 0 aromatic heterocycles. The average Bonchev–Trinajstić information content (AvgIpc) is 3.03. The summed E-state index contributed by atoms with van der Waals surface area (Å²) in [5.74, 6) is 1.04. The van der Waals surface area contributed by atoms with E-state index in [1.807, 2.05) is 53.4 Å². The highest BCUT2D eigenvalue weighted by Gasteiger charge is 2.35. The first-order valence-corrected chi connectivity index (χ1v) is 8.24. The van der Waals surface area contributed by atoms with Crippen molar-refractivity contribution in [3.05, 3.63) is 71.3 Å². The number of hydrogen-bond acceptors (Lipinski definition) is 3. The minimum atomic E-state index is -0.0336. The molecule has 2 aromatic carbocycles. The smallest absolute Gasteiger partial charge is 0.253 e. The minimum Gasteiger partial charge on any atom is -0.488 e. The Kier molecular flexibility index (Phi) is 5.11. The van der Waals surface area contributed by atoms with Gasteiger partial charge in [-0.05, 0) is 17.7 Å². The molecule has 2 aliphatic heterocycles. The van der Waals surface area contributed by atoms with E-state index in [-0.39, 0.29) is 30.3 Å². The number of ether oxygens (including phenoxy) is 1. The lowest BCUT2D eigenvalue weighted by Crippen LogP contribution is -2.34. The Bertz CT molecular complexity index is 791. The van der Waals surface area contributed by atoms with Crippen LogP contribution in [0.2, 0.25) is 0 Å². The minimum absolute atomic E-state index is 0. The first-order valence-electron chi connectivity index (χ1n) is 8.24. The van der Waals surface area contributed by atoms with Gasteiger partial charge in [0.05, 0.1) is 5.57 Å². The standard InChI is InChI=1S/C20H20N2O2.ClH/c21-18-12-22(11-17(18)14-6-2-1-3-7-14)20(23)16-10-15-8-4-5-9-19(15)24-13-16;/h1-10,17-18H,11-13,21H2;1H/t17-,18+;/m0./s1. The van der Waals surface area contributed by atoms with Crippen molar-refractivity contribution >= 4 is 24.4 Å². The molecule has 130 valence electrons. The normalized spacial score (nSPS) is 21.6. The fourth-order valence-electron chi connectivity index (χ4n) is 3.49. The Morgan fingerprint density at radius 1 is 1.04 bits per heavy atom. The van der Waals surface area contributed by atoms with Crippen LogP contribution in [0, 0.1) is 0 Å². The maximum atomic E-state index is 12.9. The number of likely N-dealkylation sites (tertiary alicyclic amines) is 1. The van der Waals surface area contributed by atoms with Crippen molar-refractivity contribution in [3.8, 4) is 5.75 Å². The van der Waals surface area contributed by atoms with Crippen molar-refractivity contribution in [2.75, 3.05) is 19.7 Å². The van der Waals surface area contributed by atoms with Gasteiger partial charge in [-0.15, -0.1) is 12.4 Å². The Balaban J connectivity index is 0.00000182. The van der Waals surface area contributed by atoms with Crippen molar-refractivity contribution in [2.45, 2.75) is 12.0 Å². The molecule has 0 saturated carbocycles. The molecular weight excluding hydrogens is 336 g/mol. The van der Waals surface area contributed by atoms with E-state index in [1.165, 1.54) is 5.56 Å². The molecule has 4 rings (SSSR count). The van der Waals surface area contributed by atoms with Gasteiger partial charge in [0.25, 0.3) is 5.91 Å². The number of carbonyl (C=O) groups is 1. The monoisotopic (exact) mass is 356 g/mol. The maximum absolute atomic E-state index is 12.9. The van der Waals surface area contributed by atoms with E-state index in [0.29, 0.717) is 25.3 Å². The van der Waals surface area contributed by atoms with Crippen LogP contribution in [0.1, 0.15) is 17.0 Å². The Labute approximate surface area is 153 Å². The first-order chi connectivity index (χ1) is 11.7. The number of fused-ring (bicyclic) bond motifs is 1. The van der Waals surface area contributed by atoms with Gasteiger partial charge in [0.2, 0.25) is 0 Å². The maximum Gasteiger partial charge on any atom is 0.253 e. The van der Waals surface area contributed by atoms with E-state index < -0.39 is 0 Å². The highest BCUT2D eigenvalue weighted by atomic mass is 35.5. The van der Waals surface area contributed by atoms with Crippen LogP contribution < -0.4 is 10.5 Å². The van der Waals surface area contributed by atoms with Gasteiger partial charge in [0.1, 0.15) is 12.4 Å². The van der Waals surface area contributed by atoms with E-state index in [4.69, 9.17) is 10.5 Å². The summed E-state index contributed by atoms with van der Waals surface area (Å²) in [5, 5.41) is 0. The lowest BCUT2D eigenvalue weighted by molar-refractivity contribution is -0.126. The number of hydrogen-bond donors (Lipinski definition) is 1. The first kappa shape index (κ1) is 17.5. The third-order valence-electron chi connectivity index (χ3n) is 4.79. The number of para-hydroxylation sites is 1. The topological polar surface area (TPSA) is 55.6 Å². The van der Waals surface area contributed by atoms with Crippen LogP contribution in [0.15, 0.2) is 60.2 Å². The summed E-state index contributed by atoms with van der Waals surface area (Å²) >= 11 is 0. The molecule has 0 unspecified atom stereocenters. The van der Waals surface area contributed by atoms with Crippen LogP contribution in [-0.4, -0.2) is 36.5 Å². The number of nitrogens with two attached hydrogens (primary N) is 1. The zero-order valence-corrected chi connectivity index (χ0v) is 14.6. The van der Waals surface area contributed by atoms with Gasteiger partial charge in [-0.25, -0.2) is 0 Å². The van der Waals surface area contributed by atoms with Crippen LogP contribution in [0.3, 0.4) is 0 Å². The second-order valence-corrected chi connectivity index (χ2v) is 6.39. The van der Waals surface area contributed by atoms with Crippen LogP contribution >= 0.6 is 12.4 Å². The summed E-state index contributed by atoms with van der Waals surface area (Å²) in [6.07, 6.45) is 1.93. The molecule has 0 aliphatic carbocycles. The highest BCUT2D eigenvalue weighted by molar-refractivity contribution is 5.99. The fourth-order valence-corrected chi connectivity index (χ4v) is 3.49. The summed E-state index contributed by atoms with van der Waals surface area (Å²) in [6, 6.07) is 17.9. The number of rotatable bonds is 2. The molecule has 5 heteroatoms. The third-order valence-corrected chi connectivity index (χ3v) is 4.79. The van der Waals surface area contributed by atoms with E-state index in [0.717, 1.165) is 11.3 Å². The number of amides is 1. The summed E-state index contributed by atoms with van der Waals surface area (Å²) in [5.41, 5.74) is 9.14. The Morgan fingerprint density at radius 2 is 1.76 bits per heavy atom. The van der Waals surface area contributed by atoms with Crippen LogP contribution in [0.5, 0.6) is 5.75 Å². The van der Waals surface area contributed by atoms with Crippen molar-refractivity contribution in [1.29, 1.82) is 0 Å². The third kappa shape index (κ3) is 3.41. The predicted octanol–water partition coefficient (Wildman–Crippen LogP) is 2.84. The second-order valence-electron chi connectivity index (χ2n) is 6.39. The van der Waals surface area contributed by atoms with Gasteiger partial charge in [0, 0.05) is 30.6 Å². The van der Waals surface area contributed by atoms with Gasteiger partial charge in [0.15, 0.2) is 0 Å². The van der Waals surface area contributed by atoms with E-state index in [1.54, 1.807) is 0 Å². The second kappa shape index (κ2) is 7.30. The number of benzene rings is 2. The van der Waals surface area contributed by atoms with Gasteiger partial charge < -0.3 is 15.4 Å². The highest BCUT2D eigenvalue weighted by Crippen LogP contribution is 2.30. The molecule has 2 aromatic rings. The van der Waals surface area contributed by atoms with Gasteiger partial charge in [-0.2, -0.15) is 0 Å². The Hall–Kier alpha value is -2.30. The predicted molar refractivity (Wildman–Crippen MR) is 101 cm³/mol. The zero-order chi connectivity index (χ0) is 16.5. The van der Waals surface area contributed by atoms with Gasteiger partial charge in [-0.1, -0.05) is 48.5 Å². The number of nitrogens with zero attached hydrogens (tertiary/aromatic N) is 1. The van der Waals surface area contributed by atoms with Crippen molar-refractivity contribution in [2.24, 2.45) is 5.73 Å². The van der Waals surface area contributed by atoms with Crippen molar-refractivity contribution in [3.63, 3.8) is 0 Å². The van der Waals surface area contributed by atoms with Crippen LogP contribution in [-0.2, 0) is 4.79 Å². The molecule has 4 nitrogen and oxygen atoms in total. The van der Waals surface area contributed by atoms with E-state index in [9.17, 15) is 4.79 Å². The lowest BCUT2D eigenvalue weighted by atomic mass is 9.95. The van der Waals surface area contributed by atoms with Crippen LogP contribution in [0.4, 0.5) is 0 Å². The molecule has 0 bridgehead atoms. The molecule has 2 N–H and O–H groups in total. The quantitative estimate of drug-likeness (QED) is 0.900. The van der Waals surface area contributed by atoms with Crippen molar-refractivity contribution in [1.82, 2.24) is 4.90 Å². The van der Waals surface area contributed by atoms with Gasteiger partial charge in [-0.3, -0.25) is 4.79 Å². The Morgan fingerprint density at radius 3 is 2.56 bits per heavy atom. The summed E-state index contributed by atoms with van der Waals surface area (Å²) in [6.45, 7) is 1.55. The molecule has 1 amide bonds. The van der Waals surface area contributed by atoms with Crippen LogP contribution in [0.25, 0.3) is 6.08 Å². The molecule has 0 spiro atoms. The zero-order valence-electron chi connectivity index (χ0n) is 13.8. The molecule has 1 saturated heterocycles. The molecule has 2 heterocycles.